The molecule has 0 aromatic rings. The van der Waals surface area contributed by atoms with Gasteiger partial charge in [0.2, 0.25) is 0 Å². The highest BCUT2D eigenvalue weighted by atomic mass is 14.4. The van der Waals surface area contributed by atoms with Crippen LogP contribution in [0.15, 0.2) is 12.2 Å². The van der Waals surface area contributed by atoms with Crippen molar-refractivity contribution in [2.45, 2.75) is 40.5 Å². The van der Waals surface area contributed by atoms with Crippen LogP contribution in [0.2, 0.25) is 0 Å². The highest BCUT2D eigenvalue weighted by Crippen LogP contribution is 2.44. The van der Waals surface area contributed by atoms with E-state index in [1.165, 1.54) is 12.8 Å². The molecular weight excluding hydrogens is 132 g/mol. The van der Waals surface area contributed by atoms with Gasteiger partial charge in [0.1, 0.15) is 0 Å². The Bertz CT molecular complexity index is 157. The molecule has 0 N–H and O–H groups in total. The molecule has 0 fully saturated rings. The summed E-state index contributed by atoms with van der Waals surface area (Å²) in [5.74, 6) is 1.68. The van der Waals surface area contributed by atoms with E-state index in [2.05, 4.69) is 39.8 Å². The van der Waals surface area contributed by atoms with Gasteiger partial charge in [-0.1, -0.05) is 46.3 Å². The average molecular weight is 152 g/mol. The molecule has 0 saturated carbocycles. The molecule has 0 aliphatic heterocycles. The van der Waals surface area contributed by atoms with Crippen LogP contribution in [0.5, 0.6) is 0 Å². The minimum Gasteiger partial charge on any atom is -0.0843 e. The van der Waals surface area contributed by atoms with Crippen molar-refractivity contribution < 1.29 is 0 Å². The molecular formula is C11H20. The fourth-order valence-corrected chi connectivity index (χ4v) is 1.77. The third kappa shape index (κ3) is 1.66. The molecule has 0 bridgehead atoms. The van der Waals surface area contributed by atoms with Crippen LogP contribution in [-0.4, -0.2) is 0 Å². The Kier molecular flexibility index (Phi) is 2.41. The Morgan fingerprint density at radius 2 is 2.18 bits per heavy atom. The molecule has 1 aliphatic rings. The van der Waals surface area contributed by atoms with Crippen LogP contribution in [-0.2, 0) is 0 Å². The van der Waals surface area contributed by atoms with Gasteiger partial charge in [0.25, 0.3) is 0 Å². The zero-order chi connectivity index (χ0) is 8.48. The lowest BCUT2D eigenvalue weighted by Gasteiger charge is -2.40. The van der Waals surface area contributed by atoms with Crippen molar-refractivity contribution in [3.05, 3.63) is 12.2 Å². The summed E-state index contributed by atoms with van der Waals surface area (Å²) in [7, 11) is 0. The molecule has 1 aliphatic carbocycles. The Hall–Kier alpha value is -0.260. The first-order chi connectivity index (χ1) is 5.08. The molecule has 64 valence electrons. The summed E-state index contributed by atoms with van der Waals surface area (Å²) < 4.78 is 0. The van der Waals surface area contributed by atoms with Gasteiger partial charge in [-0.2, -0.15) is 0 Å². The predicted molar refractivity (Wildman–Crippen MR) is 50.5 cm³/mol. The standard InChI is InChI=1S/C11H20/c1-5-9(2)8-11(4)7-6-10(11)3/h6-7,9-10H,5,8H2,1-4H3. The molecule has 0 aromatic heterocycles. The minimum absolute atomic E-state index is 0.523. The SMILES string of the molecule is CCC(C)CC1(C)C=CC1C. The number of hydrogen-bond donors (Lipinski definition) is 0. The summed E-state index contributed by atoms with van der Waals surface area (Å²) in [6.45, 7) is 9.33. The van der Waals surface area contributed by atoms with Crippen molar-refractivity contribution in [2.24, 2.45) is 17.3 Å². The van der Waals surface area contributed by atoms with E-state index in [4.69, 9.17) is 0 Å². The van der Waals surface area contributed by atoms with Crippen molar-refractivity contribution in [1.29, 1.82) is 0 Å². The fourth-order valence-electron chi connectivity index (χ4n) is 1.77. The van der Waals surface area contributed by atoms with Crippen LogP contribution in [0, 0.1) is 17.3 Å². The Balaban J connectivity index is 2.43. The number of hydrogen-bond acceptors (Lipinski definition) is 0. The zero-order valence-electron chi connectivity index (χ0n) is 8.22. The van der Waals surface area contributed by atoms with Crippen molar-refractivity contribution in [1.82, 2.24) is 0 Å². The van der Waals surface area contributed by atoms with E-state index in [1.54, 1.807) is 0 Å². The van der Waals surface area contributed by atoms with E-state index < -0.39 is 0 Å². The van der Waals surface area contributed by atoms with Gasteiger partial charge in [-0.15, -0.1) is 0 Å². The molecule has 0 radical (unpaired) electrons. The molecule has 0 nitrogen and oxygen atoms in total. The minimum atomic E-state index is 0.523. The Morgan fingerprint density at radius 1 is 1.55 bits per heavy atom. The van der Waals surface area contributed by atoms with E-state index in [-0.39, 0.29) is 0 Å². The van der Waals surface area contributed by atoms with Crippen molar-refractivity contribution in [3.63, 3.8) is 0 Å². The van der Waals surface area contributed by atoms with E-state index in [9.17, 15) is 0 Å². The first-order valence-corrected chi connectivity index (χ1v) is 4.78. The maximum absolute atomic E-state index is 2.38. The molecule has 0 amide bonds. The molecule has 1 rings (SSSR count). The first kappa shape index (κ1) is 8.83. The van der Waals surface area contributed by atoms with Crippen LogP contribution < -0.4 is 0 Å². The van der Waals surface area contributed by atoms with Crippen LogP contribution in [0.3, 0.4) is 0 Å². The Morgan fingerprint density at radius 3 is 2.45 bits per heavy atom. The van der Waals surface area contributed by atoms with E-state index >= 15 is 0 Å². The second-order valence-corrected chi connectivity index (χ2v) is 4.37. The van der Waals surface area contributed by atoms with Gasteiger partial charge in [-0.3, -0.25) is 0 Å². The fraction of sp³-hybridized carbons (Fsp3) is 0.818. The second-order valence-electron chi connectivity index (χ2n) is 4.37. The normalized spacial score (nSPS) is 38.4. The second kappa shape index (κ2) is 3.00. The summed E-state index contributed by atoms with van der Waals surface area (Å²) >= 11 is 0. The van der Waals surface area contributed by atoms with Crippen LogP contribution in [0.25, 0.3) is 0 Å². The topological polar surface area (TPSA) is 0 Å². The van der Waals surface area contributed by atoms with Gasteiger partial charge in [0.05, 0.1) is 0 Å². The van der Waals surface area contributed by atoms with Crippen LogP contribution in [0.4, 0.5) is 0 Å². The van der Waals surface area contributed by atoms with E-state index in [0.717, 1.165) is 11.8 Å². The highest BCUT2D eigenvalue weighted by molar-refractivity contribution is 5.15. The summed E-state index contributed by atoms with van der Waals surface area (Å²) in [4.78, 5) is 0. The third-order valence-corrected chi connectivity index (χ3v) is 3.29. The van der Waals surface area contributed by atoms with Crippen LogP contribution >= 0.6 is 0 Å². The average Bonchev–Trinajstić information content (AvgIpc) is 2.01. The molecule has 3 atom stereocenters. The summed E-state index contributed by atoms with van der Waals surface area (Å²) in [5.41, 5.74) is 0.523. The molecule has 0 heterocycles. The first-order valence-electron chi connectivity index (χ1n) is 4.78. The molecule has 0 heteroatoms. The van der Waals surface area contributed by atoms with Crippen LogP contribution in [0.1, 0.15) is 40.5 Å². The van der Waals surface area contributed by atoms with Gasteiger partial charge >= 0.3 is 0 Å². The lowest BCUT2D eigenvalue weighted by atomic mass is 9.65. The number of rotatable bonds is 3. The van der Waals surface area contributed by atoms with Crippen molar-refractivity contribution in [2.75, 3.05) is 0 Å². The summed E-state index contributed by atoms with van der Waals surface area (Å²) in [6.07, 6.45) is 7.38. The van der Waals surface area contributed by atoms with Gasteiger partial charge in [-0.25, -0.2) is 0 Å². The third-order valence-electron chi connectivity index (χ3n) is 3.29. The molecule has 11 heavy (non-hydrogen) atoms. The van der Waals surface area contributed by atoms with Gasteiger partial charge in [0.15, 0.2) is 0 Å². The molecule has 0 spiro atoms. The summed E-state index contributed by atoms with van der Waals surface area (Å²) in [6, 6.07) is 0. The molecule has 3 unspecified atom stereocenters. The monoisotopic (exact) mass is 152 g/mol. The molecule has 0 aromatic carbocycles. The smallest absolute Gasteiger partial charge is 0.00838 e. The largest absolute Gasteiger partial charge is 0.0843 e. The van der Waals surface area contributed by atoms with E-state index in [0.29, 0.717) is 5.41 Å². The quantitative estimate of drug-likeness (QED) is 0.542. The maximum atomic E-state index is 2.38. The molecule has 0 saturated heterocycles. The van der Waals surface area contributed by atoms with Crippen molar-refractivity contribution in [3.8, 4) is 0 Å². The highest BCUT2D eigenvalue weighted by Gasteiger charge is 2.33. The summed E-state index contributed by atoms with van der Waals surface area (Å²) in [5, 5.41) is 0. The lowest BCUT2D eigenvalue weighted by Crippen LogP contribution is -2.30. The maximum Gasteiger partial charge on any atom is -0.00838 e. The zero-order valence-corrected chi connectivity index (χ0v) is 8.22. The lowest BCUT2D eigenvalue weighted by molar-refractivity contribution is 0.219. The van der Waals surface area contributed by atoms with Gasteiger partial charge in [-0.05, 0) is 23.7 Å². The number of allylic oxidation sites excluding steroid dienone is 2. The predicted octanol–water partition coefficient (Wildman–Crippen LogP) is 3.63. The Labute approximate surface area is 70.7 Å². The van der Waals surface area contributed by atoms with Crippen molar-refractivity contribution >= 4 is 0 Å². The van der Waals surface area contributed by atoms with Gasteiger partial charge in [0, 0.05) is 0 Å². The van der Waals surface area contributed by atoms with E-state index in [1.807, 2.05) is 0 Å². The van der Waals surface area contributed by atoms with Gasteiger partial charge < -0.3 is 0 Å².